The van der Waals surface area contributed by atoms with Gasteiger partial charge in [0.2, 0.25) is 0 Å². The van der Waals surface area contributed by atoms with Crippen molar-refractivity contribution in [3.8, 4) is 0 Å². The molecule has 0 fully saturated rings. The summed E-state index contributed by atoms with van der Waals surface area (Å²) in [6, 6.07) is 10.9. The topological polar surface area (TPSA) is 12.0 Å². The predicted molar refractivity (Wildman–Crippen MR) is 71.4 cm³/mol. The lowest BCUT2D eigenvalue weighted by Gasteiger charge is -2.18. The van der Waals surface area contributed by atoms with Gasteiger partial charge in [-0.05, 0) is 30.8 Å². The molecule has 0 radical (unpaired) electrons. The van der Waals surface area contributed by atoms with Gasteiger partial charge in [0.25, 0.3) is 0 Å². The van der Waals surface area contributed by atoms with E-state index in [1.54, 1.807) is 7.05 Å². The third-order valence-electron chi connectivity index (χ3n) is 2.77. The molecule has 2 rings (SSSR count). The first kappa shape index (κ1) is 13.2. The molecule has 1 N–H and O–H groups in total. The minimum Gasteiger partial charge on any atom is -0.309 e. The Bertz CT molecular complexity index is 540. The lowest BCUT2D eigenvalue weighted by Crippen LogP contribution is -2.19. The monoisotopic (exact) mass is 311 g/mol. The first-order valence-electron chi connectivity index (χ1n) is 5.49. The van der Waals surface area contributed by atoms with Crippen molar-refractivity contribution in [2.24, 2.45) is 0 Å². The van der Waals surface area contributed by atoms with Gasteiger partial charge in [-0.25, -0.2) is 8.78 Å². The van der Waals surface area contributed by atoms with E-state index in [0.29, 0.717) is 5.56 Å². The zero-order valence-corrected chi connectivity index (χ0v) is 11.3. The summed E-state index contributed by atoms with van der Waals surface area (Å²) in [4.78, 5) is 0. The van der Waals surface area contributed by atoms with Crippen LogP contribution in [0.5, 0.6) is 0 Å². The molecule has 0 heterocycles. The number of rotatable bonds is 3. The quantitative estimate of drug-likeness (QED) is 0.902. The first-order chi connectivity index (χ1) is 8.61. The molecule has 0 spiro atoms. The molecule has 0 aromatic heterocycles. The van der Waals surface area contributed by atoms with E-state index in [-0.39, 0.29) is 6.04 Å². The van der Waals surface area contributed by atoms with Crippen LogP contribution in [0.25, 0.3) is 0 Å². The van der Waals surface area contributed by atoms with Crippen LogP contribution in [0.3, 0.4) is 0 Å². The fourth-order valence-electron chi connectivity index (χ4n) is 1.89. The van der Waals surface area contributed by atoms with Gasteiger partial charge in [0.15, 0.2) is 0 Å². The van der Waals surface area contributed by atoms with Gasteiger partial charge in [-0.3, -0.25) is 0 Å². The van der Waals surface area contributed by atoms with Gasteiger partial charge >= 0.3 is 0 Å². The van der Waals surface area contributed by atoms with E-state index in [4.69, 9.17) is 0 Å². The predicted octanol–water partition coefficient (Wildman–Crippen LogP) is 4.04. The molecule has 0 amide bonds. The maximum atomic E-state index is 13.8. The summed E-state index contributed by atoms with van der Waals surface area (Å²) in [5.74, 6) is -1.11. The summed E-state index contributed by atoms with van der Waals surface area (Å²) in [7, 11) is 1.75. The molecular weight excluding hydrogens is 300 g/mol. The van der Waals surface area contributed by atoms with E-state index in [2.05, 4.69) is 21.2 Å². The Balaban J connectivity index is 2.41. The highest BCUT2D eigenvalue weighted by atomic mass is 79.9. The molecule has 0 aliphatic carbocycles. The Morgan fingerprint density at radius 2 is 1.72 bits per heavy atom. The summed E-state index contributed by atoms with van der Waals surface area (Å²) in [5, 5.41) is 3.04. The molecule has 0 aliphatic heterocycles. The standard InChI is InChI=1S/C14H12BrF2N/c1-18-14(9-2-4-10(15)5-3-9)12-7-6-11(16)8-13(12)17/h2-8,14,18H,1H3. The van der Waals surface area contributed by atoms with Crippen molar-refractivity contribution in [2.75, 3.05) is 7.05 Å². The Hall–Kier alpha value is -1.26. The number of nitrogens with one attached hydrogen (secondary N) is 1. The molecule has 0 saturated heterocycles. The molecule has 1 nitrogen and oxygen atoms in total. The van der Waals surface area contributed by atoms with Crippen LogP contribution in [0.15, 0.2) is 46.9 Å². The van der Waals surface area contributed by atoms with Gasteiger partial charge in [-0.15, -0.1) is 0 Å². The van der Waals surface area contributed by atoms with Crippen LogP contribution in [-0.4, -0.2) is 7.05 Å². The average Bonchev–Trinajstić information content (AvgIpc) is 2.35. The van der Waals surface area contributed by atoms with Gasteiger partial charge in [0.05, 0.1) is 6.04 Å². The molecule has 0 bridgehead atoms. The summed E-state index contributed by atoms with van der Waals surface area (Å²) >= 11 is 3.35. The van der Waals surface area contributed by atoms with E-state index >= 15 is 0 Å². The highest BCUT2D eigenvalue weighted by Crippen LogP contribution is 2.25. The van der Waals surface area contributed by atoms with E-state index in [9.17, 15) is 8.78 Å². The third kappa shape index (κ3) is 2.76. The summed E-state index contributed by atoms with van der Waals surface area (Å²) < 4.78 is 27.6. The Labute approximate surface area is 113 Å². The third-order valence-corrected chi connectivity index (χ3v) is 3.29. The van der Waals surface area contributed by atoms with Gasteiger partial charge in [-0.2, -0.15) is 0 Å². The van der Waals surface area contributed by atoms with Crippen LogP contribution in [0.4, 0.5) is 8.78 Å². The Morgan fingerprint density at radius 3 is 2.28 bits per heavy atom. The molecule has 1 atom stereocenters. The maximum absolute atomic E-state index is 13.8. The van der Waals surface area contributed by atoms with Gasteiger partial charge < -0.3 is 5.32 Å². The number of benzene rings is 2. The fourth-order valence-corrected chi connectivity index (χ4v) is 2.16. The van der Waals surface area contributed by atoms with Crippen LogP contribution < -0.4 is 5.32 Å². The Morgan fingerprint density at radius 1 is 1.06 bits per heavy atom. The van der Waals surface area contributed by atoms with Crippen LogP contribution in [-0.2, 0) is 0 Å². The summed E-state index contributed by atoms with van der Waals surface area (Å²) in [6.07, 6.45) is 0. The fraction of sp³-hybridized carbons (Fsp3) is 0.143. The lowest BCUT2D eigenvalue weighted by molar-refractivity contribution is 0.552. The number of hydrogen-bond donors (Lipinski definition) is 1. The molecule has 94 valence electrons. The van der Waals surface area contributed by atoms with Gasteiger partial charge in [-0.1, -0.05) is 34.1 Å². The lowest BCUT2D eigenvalue weighted by atomic mass is 9.98. The highest BCUT2D eigenvalue weighted by molar-refractivity contribution is 9.10. The van der Waals surface area contributed by atoms with Crippen molar-refractivity contribution in [2.45, 2.75) is 6.04 Å². The second-order valence-electron chi connectivity index (χ2n) is 3.94. The van der Waals surface area contributed by atoms with Gasteiger partial charge in [0, 0.05) is 16.1 Å². The zero-order valence-electron chi connectivity index (χ0n) is 9.75. The SMILES string of the molecule is CNC(c1ccc(Br)cc1)c1ccc(F)cc1F. The van der Waals surface area contributed by atoms with Gasteiger partial charge in [0.1, 0.15) is 11.6 Å². The van der Waals surface area contributed by atoms with Crippen molar-refractivity contribution < 1.29 is 8.78 Å². The second-order valence-corrected chi connectivity index (χ2v) is 4.85. The van der Waals surface area contributed by atoms with E-state index in [1.165, 1.54) is 12.1 Å². The molecule has 18 heavy (non-hydrogen) atoms. The molecule has 2 aromatic carbocycles. The van der Waals surface area contributed by atoms with Crippen molar-refractivity contribution in [3.05, 3.63) is 69.7 Å². The van der Waals surface area contributed by atoms with E-state index < -0.39 is 11.6 Å². The van der Waals surface area contributed by atoms with Crippen LogP contribution in [0, 0.1) is 11.6 Å². The van der Waals surface area contributed by atoms with Crippen molar-refractivity contribution in [1.82, 2.24) is 5.32 Å². The average molecular weight is 312 g/mol. The van der Waals surface area contributed by atoms with E-state index in [0.717, 1.165) is 16.1 Å². The highest BCUT2D eigenvalue weighted by Gasteiger charge is 2.16. The largest absolute Gasteiger partial charge is 0.309 e. The summed E-state index contributed by atoms with van der Waals surface area (Å²) in [6.45, 7) is 0. The van der Waals surface area contributed by atoms with Crippen LogP contribution >= 0.6 is 15.9 Å². The molecule has 2 aromatic rings. The number of hydrogen-bond acceptors (Lipinski definition) is 1. The molecule has 1 unspecified atom stereocenters. The van der Waals surface area contributed by atoms with Crippen molar-refractivity contribution in [1.29, 1.82) is 0 Å². The summed E-state index contributed by atoms with van der Waals surface area (Å²) in [5.41, 5.74) is 1.35. The first-order valence-corrected chi connectivity index (χ1v) is 6.29. The zero-order chi connectivity index (χ0) is 13.1. The van der Waals surface area contributed by atoms with Crippen molar-refractivity contribution in [3.63, 3.8) is 0 Å². The van der Waals surface area contributed by atoms with Crippen LogP contribution in [0.2, 0.25) is 0 Å². The maximum Gasteiger partial charge on any atom is 0.131 e. The van der Waals surface area contributed by atoms with Crippen molar-refractivity contribution >= 4 is 15.9 Å². The van der Waals surface area contributed by atoms with Crippen LogP contribution in [0.1, 0.15) is 17.2 Å². The normalized spacial score (nSPS) is 12.4. The Kier molecular flexibility index (Phi) is 4.09. The number of halogens is 3. The van der Waals surface area contributed by atoms with E-state index in [1.807, 2.05) is 24.3 Å². The second kappa shape index (κ2) is 5.59. The molecule has 0 aliphatic rings. The smallest absolute Gasteiger partial charge is 0.131 e. The minimum absolute atomic E-state index is 0.293. The molecular formula is C14H12BrF2N. The molecule has 4 heteroatoms. The minimum atomic E-state index is -0.568. The molecule has 0 saturated carbocycles.